The van der Waals surface area contributed by atoms with Crippen LogP contribution in [-0.4, -0.2) is 21.1 Å². The first-order valence-corrected chi connectivity index (χ1v) is 6.26. The number of aromatic nitrogens is 3. The molecule has 0 unspecified atom stereocenters. The second kappa shape index (κ2) is 4.92. The molecule has 2 aromatic heterocycles. The summed E-state index contributed by atoms with van der Waals surface area (Å²) in [5.41, 5.74) is 2.85. The van der Waals surface area contributed by atoms with E-state index in [4.69, 9.17) is 11.6 Å². The Morgan fingerprint density at radius 3 is 2.88 bits per heavy atom. The van der Waals surface area contributed by atoms with Gasteiger partial charge in [-0.1, -0.05) is 32.4 Å². The number of halogens is 1. The van der Waals surface area contributed by atoms with E-state index >= 15 is 0 Å². The van der Waals surface area contributed by atoms with E-state index in [2.05, 4.69) is 36.2 Å². The summed E-state index contributed by atoms with van der Waals surface area (Å²) in [5, 5.41) is 8.11. The Labute approximate surface area is 106 Å². The van der Waals surface area contributed by atoms with Crippen LogP contribution in [0.5, 0.6) is 0 Å². The maximum Gasteiger partial charge on any atom is 0.177 e. The summed E-state index contributed by atoms with van der Waals surface area (Å²) in [5.74, 6) is 0.572. The van der Waals surface area contributed by atoms with Gasteiger partial charge in [-0.05, 0) is 12.3 Å². The summed E-state index contributed by atoms with van der Waals surface area (Å²) in [6.45, 7) is 7.30. The van der Waals surface area contributed by atoms with Gasteiger partial charge in [-0.2, -0.15) is 5.10 Å². The number of nitrogens with one attached hydrogen (secondary N) is 1. The highest BCUT2D eigenvalue weighted by Crippen LogP contribution is 2.20. The number of anilines is 1. The molecule has 0 aliphatic heterocycles. The van der Waals surface area contributed by atoms with Gasteiger partial charge in [-0.15, -0.1) is 0 Å². The van der Waals surface area contributed by atoms with Crippen LogP contribution in [0.3, 0.4) is 0 Å². The predicted octanol–water partition coefficient (Wildman–Crippen LogP) is 3.01. The van der Waals surface area contributed by atoms with Crippen LogP contribution in [0.1, 0.15) is 26.5 Å². The molecular weight excluding hydrogens is 236 g/mol. The fourth-order valence-electron chi connectivity index (χ4n) is 1.67. The summed E-state index contributed by atoms with van der Waals surface area (Å²) >= 11 is 6.03. The van der Waals surface area contributed by atoms with Gasteiger partial charge < -0.3 is 5.32 Å². The van der Waals surface area contributed by atoms with Gasteiger partial charge in [0.25, 0.3) is 0 Å². The number of aryl methyl sites for hydroxylation is 1. The minimum absolute atomic E-state index is 0.483. The average Bonchev–Trinajstić information content (AvgIpc) is 2.68. The Kier molecular flexibility index (Phi) is 3.52. The molecule has 0 saturated carbocycles. The SMILES string of the molecule is CCc1cnc2c(NCC(C)C)cc(Cl)nn12. The van der Waals surface area contributed by atoms with E-state index in [1.807, 2.05) is 16.8 Å². The van der Waals surface area contributed by atoms with E-state index < -0.39 is 0 Å². The molecule has 0 bridgehead atoms. The number of fused-ring (bicyclic) bond motifs is 1. The van der Waals surface area contributed by atoms with E-state index in [1.165, 1.54) is 0 Å². The first-order valence-electron chi connectivity index (χ1n) is 5.88. The fourth-order valence-corrected chi connectivity index (χ4v) is 1.85. The Hall–Kier alpha value is -1.29. The van der Waals surface area contributed by atoms with Crippen LogP contribution in [0.15, 0.2) is 12.3 Å². The van der Waals surface area contributed by atoms with E-state index in [0.717, 1.165) is 30.0 Å². The molecule has 0 spiro atoms. The molecule has 2 aromatic rings. The number of imidazole rings is 1. The van der Waals surface area contributed by atoms with Crippen molar-refractivity contribution in [2.24, 2.45) is 5.92 Å². The molecule has 4 nitrogen and oxygen atoms in total. The highest BCUT2D eigenvalue weighted by Gasteiger charge is 2.09. The number of nitrogens with zero attached hydrogens (tertiary/aromatic N) is 3. The van der Waals surface area contributed by atoms with Crippen molar-refractivity contribution in [3.05, 3.63) is 23.1 Å². The van der Waals surface area contributed by atoms with Crippen molar-refractivity contribution in [2.75, 3.05) is 11.9 Å². The van der Waals surface area contributed by atoms with Gasteiger partial charge >= 0.3 is 0 Å². The predicted molar refractivity (Wildman–Crippen MR) is 70.7 cm³/mol. The lowest BCUT2D eigenvalue weighted by Crippen LogP contribution is -2.10. The zero-order valence-corrected chi connectivity index (χ0v) is 11.1. The lowest BCUT2D eigenvalue weighted by Gasteiger charge is -2.10. The maximum absolute atomic E-state index is 6.03. The topological polar surface area (TPSA) is 42.2 Å². The number of hydrogen-bond acceptors (Lipinski definition) is 3. The van der Waals surface area contributed by atoms with Crippen LogP contribution in [0.4, 0.5) is 5.69 Å². The number of rotatable bonds is 4. The van der Waals surface area contributed by atoms with Crippen molar-refractivity contribution in [1.29, 1.82) is 0 Å². The highest BCUT2D eigenvalue weighted by atomic mass is 35.5. The van der Waals surface area contributed by atoms with E-state index in [9.17, 15) is 0 Å². The Bertz CT molecular complexity index is 518. The van der Waals surface area contributed by atoms with Gasteiger partial charge in [-0.3, -0.25) is 0 Å². The quantitative estimate of drug-likeness (QED) is 0.910. The molecule has 0 fully saturated rings. The lowest BCUT2D eigenvalue weighted by molar-refractivity contribution is 0.688. The van der Waals surface area contributed by atoms with Gasteiger partial charge in [-0.25, -0.2) is 9.50 Å². The zero-order valence-electron chi connectivity index (χ0n) is 10.4. The molecule has 1 N–H and O–H groups in total. The van der Waals surface area contributed by atoms with E-state index in [0.29, 0.717) is 11.1 Å². The molecule has 0 radical (unpaired) electrons. The Balaban J connectivity index is 2.43. The minimum Gasteiger partial charge on any atom is -0.382 e. The normalized spacial score (nSPS) is 11.4. The highest BCUT2D eigenvalue weighted by molar-refractivity contribution is 6.29. The standard InChI is InChI=1S/C12H17ClN4/c1-4-9-7-15-12-10(14-6-8(2)3)5-11(13)16-17(9)12/h5,7-8,14H,4,6H2,1-3H3. The van der Waals surface area contributed by atoms with E-state index in [-0.39, 0.29) is 0 Å². The van der Waals surface area contributed by atoms with Crippen molar-refractivity contribution < 1.29 is 0 Å². The number of hydrogen-bond donors (Lipinski definition) is 1. The van der Waals surface area contributed by atoms with Crippen LogP contribution in [0.2, 0.25) is 5.15 Å². The third-order valence-electron chi connectivity index (χ3n) is 2.57. The maximum atomic E-state index is 6.03. The third-order valence-corrected chi connectivity index (χ3v) is 2.76. The van der Waals surface area contributed by atoms with Gasteiger partial charge in [0.1, 0.15) is 0 Å². The van der Waals surface area contributed by atoms with Crippen LogP contribution in [-0.2, 0) is 6.42 Å². The fraction of sp³-hybridized carbons (Fsp3) is 0.500. The second-order valence-electron chi connectivity index (χ2n) is 4.49. The smallest absolute Gasteiger partial charge is 0.177 e. The summed E-state index contributed by atoms with van der Waals surface area (Å²) in [7, 11) is 0. The molecule has 0 aliphatic carbocycles. The Morgan fingerprint density at radius 2 is 2.24 bits per heavy atom. The van der Waals surface area contributed by atoms with E-state index in [1.54, 1.807) is 0 Å². The van der Waals surface area contributed by atoms with Crippen molar-refractivity contribution in [3.8, 4) is 0 Å². The van der Waals surface area contributed by atoms with Crippen molar-refractivity contribution in [2.45, 2.75) is 27.2 Å². The summed E-state index contributed by atoms with van der Waals surface area (Å²) in [6, 6.07) is 1.83. The van der Waals surface area contributed by atoms with Gasteiger partial charge in [0.15, 0.2) is 10.8 Å². The molecule has 0 aromatic carbocycles. The average molecular weight is 253 g/mol. The molecule has 0 amide bonds. The summed E-state index contributed by atoms with van der Waals surface area (Å²) in [4.78, 5) is 4.39. The molecule has 2 rings (SSSR count). The monoisotopic (exact) mass is 252 g/mol. The van der Waals surface area contributed by atoms with Crippen LogP contribution < -0.4 is 5.32 Å². The van der Waals surface area contributed by atoms with Crippen LogP contribution >= 0.6 is 11.6 Å². The molecular formula is C12H17ClN4. The van der Waals surface area contributed by atoms with Crippen LogP contribution in [0.25, 0.3) is 5.65 Å². The Morgan fingerprint density at radius 1 is 1.47 bits per heavy atom. The molecule has 92 valence electrons. The first-order chi connectivity index (χ1) is 8.11. The molecule has 0 aliphatic rings. The largest absolute Gasteiger partial charge is 0.382 e. The molecule has 2 heterocycles. The second-order valence-corrected chi connectivity index (χ2v) is 4.88. The molecule has 0 atom stereocenters. The molecule has 17 heavy (non-hydrogen) atoms. The van der Waals surface area contributed by atoms with Crippen molar-refractivity contribution in [3.63, 3.8) is 0 Å². The van der Waals surface area contributed by atoms with Gasteiger partial charge in [0.05, 0.1) is 17.6 Å². The van der Waals surface area contributed by atoms with Crippen molar-refractivity contribution >= 4 is 22.9 Å². The molecule has 0 saturated heterocycles. The minimum atomic E-state index is 0.483. The lowest BCUT2D eigenvalue weighted by atomic mass is 10.2. The molecule has 5 heteroatoms. The van der Waals surface area contributed by atoms with Gasteiger partial charge in [0, 0.05) is 12.6 Å². The van der Waals surface area contributed by atoms with Crippen LogP contribution in [0, 0.1) is 5.92 Å². The summed E-state index contributed by atoms with van der Waals surface area (Å²) < 4.78 is 1.81. The van der Waals surface area contributed by atoms with Gasteiger partial charge in [0.2, 0.25) is 0 Å². The zero-order chi connectivity index (χ0) is 12.4. The summed E-state index contributed by atoms with van der Waals surface area (Å²) in [6.07, 6.45) is 2.73. The van der Waals surface area contributed by atoms with Crippen molar-refractivity contribution in [1.82, 2.24) is 14.6 Å². The third kappa shape index (κ3) is 2.52. The first kappa shape index (κ1) is 12.2.